The number of rotatable bonds is 8. The van der Waals surface area contributed by atoms with Crippen LogP contribution in [-0.2, 0) is 0 Å². The van der Waals surface area contributed by atoms with Gasteiger partial charge in [-0.25, -0.2) is 0 Å². The average Bonchev–Trinajstić information content (AvgIpc) is 2.14. The van der Waals surface area contributed by atoms with Crippen molar-refractivity contribution in [1.82, 2.24) is 5.32 Å². The zero-order valence-corrected chi connectivity index (χ0v) is 9.86. The minimum absolute atomic E-state index is 0.189. The van der Waals surface area contributed by atoms with Crippen molar-refractivity contribution in [1.29, 1.82) is 0 Å². The van der Waals surface area contributed by atoms with Crippen LogP contribution in [0, 0.1) is 0 Å². The summed E-state index contributed by atoms with van der Waals surface area (Å²) in [6, 6.07) is 0. The van der Waals surface area contributed by atoms with E-state index < -0.39 is 0 Å². The zero-order valence-electron chi connectivity index (χ0n) is 9.05. The van der Waals surface area contributed by atoms with Crippen LogP contribution in [0.3, 0.4) is 0 Å². The highest BCUT2D eigenvalue weighted by Crippen LogP contribution is 2.14. The zero-order chi connectivity index (χ0) is 10.1. The first-order chi connectivity index (χ1) is 6.20. The lowest BCUT2D eigenvalue weighted by molar-refractivity contribution is 0.196. The van der Waals surface area contributed by atoms with Crippen molar-refractivity contribution in [3.63, 3.8) is 0 Å². The summed E-state index contributed by atoms with van der Waals surface area (Å²) in [5.74, 6) is 0.853. The number of thioether (sulfide) groups is 1. The normalized spacial score (nSPS) is 15.7. The van der Waals surface area contributed by atoms with Crippen LogP contribution in [0.4, 0.5) is 0 Å². The van der Waals surface area contributed by atoms with Gasteiger partial charge in [0.2, 0.25) is 0 Å². The second-order valence-electron chi connectivity index (χ2n) is 3.41. The van der Waals surface area contributed by atoms with Crippen molar-refractivity contribution in [3.05, 3.63) is 0 Å². The van der Waals surface area contributed by atoms with E-state index in [1.54, 1.807) is 0 Å². The summed E-state index contributed by atoms with van der Waals surface area (Å²) in [7, 11) is 0. The molecule has 0 amide bonds. The molecule has 2 atom stereocenters. The Kier molecular flexibility index (Phi) is 9.03. The molecule has 13 heavy (non-hydrogen) atoms. The van der Waals surface area contributed by atoms with Gasteiger partial charge in [-0.1, -0.05) is 20.8 Å². The van der Waals surface area contributed by atoms with Crippen LogP contribution in [0.2, 0.25) is 0 Å². The van der Waals surface area contributed by atoms with Gasteiger partial charge >= 0.3 is 0 Å². The summed E-state index contributed by atoms with van der Waals surface area (Å²) in [5, 5.41) is 13.4. The Morgan fingerprint density at radius 3 is 2.62 bits per heavy atom. The maximum absolute atomic E-state index is 9.54. The highest BCUT2D eigenvalue weighted by atomic mass is 32.2. The number of nitrogens with one attached hydrogen (secondary N) is 1. The lowest BCUT2D eigenvalue weighted by Gasteiger charge is -2.13. The molecule has 0 saturated heterocycles. The first-order valence-corrected chi connectivity index (χ1v) is 6.25. The third-order valence-electron chi connectivity index (χ3n) is 1.95. The molecule has 0 aromatic heterocycles. The quantitative estimate of drug-likeness (QED) is 0.593. The minimum atomic E-state index is -0.189. The molecule has 0 saturated carbocycles. The van der Waals surface area contributed by atoms with Gasteiger partial charge in [0.15, 0.2) is 0 Å². The van der Waals surface area contributed by atoms with Crippen LogP contribution in [0.15, 0.2) is 0 Å². The molecule has 2 unspecified atom stereocenters. The van der Waals surface area contributed by atoms with E-state index in [4.69, 9.17) is 0 Å². The van der Waals surface area contributed by atoms with Gasteiger partial charge in [-0.05, 0) is 19.4 Å². The van der Waals surface area contributed by atoms with Crippen molar-refractivity contribution < 1.29 is 5.11 Å². The lowest BCUT2D eigenvalue weighted by Crippen LogP contribution is -2.29. The molecule has 2 nitrogen and oxygen atoms in total. The van der Waals surface area contributed by atoms with Crippen LogP contribution >= 0.6 is 11.8 Å². The highest BCUT2D eigenvalue weighted by Gasteiger charge is 2.06. The molecular weight excluding hydrogens is 182 g/mol. The molecule has 2 N–H and O–H groups in total. The summed E-state index contributed by atoms with van der Waals surface area (Å²) < 4.78 is 0. The lowest BCUT2D eigenvalue weighted by atomic mass is 10.4. The van der Waals surface area contributed by atoms with E-state index in [1.807, 2.05) is 11.8 Å². The Balaban J connectivity index is 3.24. The van der Waals surface area contributed by atoms with E-state index in [2.05, 4.69) is 26.1 Å². The molecule has 0 bridgehead atoms. The Bertz CT molecular complexity index is 111. The average molecular weight is 205 g/mol. The van der Waals surface area contributed by atoms with Gasteiger partial charge in [0.1, 0.15) is 0 Å². The molecular formula is C10H23NOS. The molecule has 0 aliphatic heterocycles. The largest absolute Gasteiger partial charge is 0.391 e. The molecule has 0 aromatic carbocycles. The second kappa shape index (κ2) is 8.85. The van der Waals surface area contributed by atoms with Crippen LogP contribution in [0.1, 0.15) is 33.6 Å². The number of hydrogen-bond donors (Lipinski definition) is 2. The van der Waals surface area contributed by atoms with Crippen molar-refractivity contribution in [3.8, 4) is 0 Å². The molecule has 0 aliphatic carbocycles. The molecule has 0 heterocycles. The minimum Gasteiger partial charge on any atom is -0.391 e. The number of hydrogen-bond acceptors (Lipinski definition) is 3. The van der Waals surface area contributed by atoms with E-state index in [0.717, 1.165) is 25.3 Å². The highest BCUT2D eigenvalue weighted by molar-refractivity contribution is 7.99. The maximum Gasteiger partial charge on any atom is 0.0754 e. The van der Waals surface area contributed by atoms with Crippen LogP contribution in [-0.4, -0.2) is 35.3 Å². The fraction of sp³-hybridized carbons (Fsp3) is 1.00. The molecule has 0 fully saturated rings. The van der Waals surface area contributed by atoms with E-state index in [9.17, 15) is 5.11 Å². The van der Waals surface area contributed by atoms with Crippen molar-refractivity contribution in [2.45, 2.75) is 45.0 Å². The van der Waals surface area contributed by atoms with Gasteiger partial charge in [-0.3, -0.25) is 0 Å². The Hall–Kier alpha value is 0.270. The molecule has 0 spiro atoms. The third kappa shape index (κ3) is 8.60. The van der Waals surface area contributed by atoms with Gasteiger partial charge in [0.05, 0.1) is 6.10 Å². The fourth-order valence-electron chi connectivity index (χ4n) is 0.898. The van der Waals surface area contributed by atoms with Gasteiger partial charge in [-0.15, -0.1) is 0 Å². The standard InChI is InChI=1S/C10H23NOS/c1-4-6-11-7-10(12)8-13-9(3)5-2/h9-12H,4-8H2,1-3H3. The molecule has 80 valence electrons. The smallest absolute Gasteiger partial charge is 0.0754 e. The summed E-state index contributed by atoms with van der Waals surface area (Å²) in [6.07, 6.45) is 2.12. The monoisotopic (exact) mass is 205 g/mol. The Labute approximate surface area is 86.5 Å². The summed E-state index contributed by atoms with van der Waals surface area (Å²) in [6.45, 7) is 8.26. The fourth-order valence-corrected chi connectivity index (χ4v) is 1.80. The first-order valence-electron chi connectivity index (χ1n) is 5.21. The summed E-state index contributed by atoms with van der Waals surface area (Å²) >= 11 is 1.85. The molecule has 0 aromatic rings. The van der Waals surface area contributed by atoms with Gasteiger partial charge in [0.25, 0.3) is 0 Å². The van der Waals surface area contributed by atoms with Crippen LogP contribution in [0.25, 0.3) is 0 Å². The Morgan fingerprint density at radius 2 is 2.08 bits per heavy atom. The molecule has 0 radical (unpaired) electrons. The topological polar surface area (TPSA) is 32.3 Å². The SMILES string of the molecule is CCCNCC(O)CSC(C)CC. The number of aliphatic hydroxyl groups excluding tert-OH is 1. The maximum atomic E-state index is 9.54. The number of aliphatic hydroxyl groups is 1. The van der Waals surface area contributed by atoms with E-state index >= 15 is 0 Å². The van der Waals surface area contributed by atoms with Crippen LogP contribution < -0.4 is 5.32 Å². The predicted octanol–water partition coefficient (Wildman–Crippen LogP) is 1.88. The predicted molar refractivity (Wildman–Crippen MR) is 61.4 cm³/mol. The van der Waals surface area contributed by atoms with Gasteiger partial charge < -0.3 is 10.4 Å². The van der Waals surface area contributed by atoms with Crippen molar-refractivity contribution in [2.75, 3.05) is 18.8 Å². The van der Waals surface area contributed by atoms with Crippen molar-refractivity contribution in [2.24, 2.45) is 0 Å². The first kappa shape index (κ1) is 13.3. The molecule has 3 heteroatoms. The molecule has 0 aliphatic rings. The van der Waals surface area contributed by atoms with Crippen LogP contribution in [0.5, 0.6) is 0 Å². The van der Waals surface area contributed by atoms with E-state index in [0.29, 0.717) is 5.25 Å². The third-order valence-corrected chi connectivity index (χ3v) is 3.43. The van der Waals surface area contributed by atoms with E-state index in [-0.39, 0.29) is 6.10 Å². The van der Waals surface area contributed by atoms with E-state index in [1.165, 1.54) is 6.42 Å². The Morgan fingerprint density at radius 1 is 1.38 bits per heavy atom. The second-order valence-corrected chi connectivity index (χ2v) is 4.88. The van der Waals surface area contributed by atoms with Gasteiger partial charge in [-0.2, -0.15) is 11.8 Å². The summed E-state index contributed by atoms with van der Waals surface area (Å²) in [5.41, 5.74) is 0. The molecule has 0 rings (SSSR count). The van der Waals surface area contributed by atoms with Crippen molar-refractivity contribution >= 4 is 11.8 Å². The van der Waals surface area contributed by atoms with Gasteiger partial charge in [0, 0.05) is 17.5 Å². The summed E-state index contributed by atoms with van der Waals surface area (Å²) in [4.78, 5) is 0.